The Morgan fingerprint density at radius 2 is 1.13 bits per heavy atom. The zero-order valence-electron chi connectivity index (χ0n) is 15.9. The highest BCUT2D eigenvalue weighted by atomic mass is 31.2. The lowest BCUT2D eigenvalue weighted by Gasteiger charge is -2.32. The van der Waals surface area contributed by atoms with E-state index < -0.39 is 19.0 Å². The van der Waals surface area contributed by atoms with Gasteiger partial charge in [-0.15, -0.1) is 0 Å². The zero-order chi connectivity index (χ0) is 18.3. The van der Waals surface area contributed by atoms with E-state index in [9.17, 15) is 9.46 Å². The van der Waals surface area contributed by atoms with E-state index in [-0.39, 0.29) is 12.2 Å². The van der Waals surface area contributed by atoms with Gasteiger partial charge in [0, 0.05) is 13.2 Å². The molecule has 6 nitrogen and oxygen atoms in total. The number of ether oxygens (including phenoxy) is 2. The van der Waals surface area contributed by atoms with Crippen molar-refractivity contribution in [3.8, 4) is 0 Å². The minimum Gasteiger partial charge on any atom is -0.379 e. The van der Waals surface area contributed by atoms with Gasteiger partial charge in [-0.1, -0.05) is 0 Å². The normalized spacial score (nSPS) is 14.0. The summed E-state index contributed by atoms with van der Waals surface area (Å²) in [6.07, 6.45) is 1.22. The zero-order valence-corrected chi connectivity index (χ0v) is 16.8. The summed E-state index contributed by atoms with van der Waals surface area (Å²) < 4.78 is 33.9. The topological polar surface area (TPSA) is 74.2 Å². The fourth-order valence-corrected chi connectivity index (χ4v) is 3.28. The van der Waals surface area contributed by atoms with Gasteiger partial charge in [0.1, 0.15) is 0 Å². The first-order chi connectivity index (χ1) is 10.2. The number of phosphoric ester groups is 1. The Hall–Kier alpha value is 0.0300. The van der Waals surface area contributed by atoms with Gasteiger partial charge in [0.05, 0.1) is 23.4 Å². The molecule has 23 heavy (non-hydrogen) atoms. The van der Waals surface area contributed by atoms with Crippen LogP contribution in [-0.4, -0.2) is 41.5 Å². The highest BCUT2D eigenvalue weighted by Crippen LogP contribution is 2.51. The van der Waals surface area contributed by atoms with Crippen molar-refractivity contribution in [3.63, 3.8) is 0 Å². The van der Waals surface area contributed by atoms with Crippen LogP contribution in [0, 0.1) is 0 Å². The third-order valence-electron chi connectivity index (χ3n) is 3.04. The first-order valence-corrected chi connectivity index (χ1v) is 9.72. The molecule has 1 N–H and O–H groups in total. The van der Waals surface area contributed by atoms with Gasteiger partial charge >= 0.3 is 7.82 Å². The summed E-state index contributed by atoms with van der Waals surface area (Å²) in [6.45, 7) is 15.7. The Kier molecular flexibility index (Phi) is 9.51. The van der Waals surface area contributed by atoms with Gasteiger partial charge in [-0.2, -0.15) is 0 Å². The minimum atomic E-state index is -4.17. The second kappa shape index (κ2) is 9.50. The number of hydrogen-bond acceptors (Lipinski definition) is 5. The predicted octanol–water partition coefficient (Wildman–Crippen LogP) is 4.31. The molecule has 0 radical (unpaired) electrons. The Balaban J connectivity index is 4.46. The summed E-state index contributed by atoms with van der Waals surface area (Å²) in [5.74, 6) is 0. The van der Waals surface area contributed by atoms with Crippen LogP contribution >= 0.6 is 7.82 Å². The molecular formula is C16H35O6P. The van der Waals surface area contributed by atoms with Crippen molar-refractivity contribution in [1.82, 2.24) is 0 Å². The summed E-state index contributed by atoms with van der Waals surface area (Å²) in [7, 11) is -4.17. The Bertz CT molecular complexity index is 347. The largest absolute Gasteiger partial charge is 0.473 e. The summed E-state index contributed by atoms with van der Waals surface area (Å²) in [5, 5.41) is 0. The Morgan fingerprint density at radius 3 is 1.39 bits per heavy atom. The molecule has 0 spiro atoms. The number of phosphoric acid groups is 1. The second-order valence-corrected chi connectivity index (χ2v) is 8.81. The Morgan fingerprint density at radius 1 is 0.826 bits per heavy atom. The molecule has 0 atom stereocenters. The summed E-state index contributed by atoms with van der Waals surface area (Å²) in [6, 6.07) is 0. The van der Waals surface area contributed by atoms with Gasteiger partial charge in [-0.25, -0.2) is 4.57 Å². The molecule has 0 saturated carbocycles. The molecule has 0 aromatic heterocycles. The van der Waals surface area contributed by atoms with Crippen LogP contribution in [0.1, 0.15) is 68.2 Å². The molecule has 0 aliphatic rings. The standard InChI is InChI=1S/C16H35O6P/c1-13(2)19-11-9-15(5,6)21-23(17,18)22-16(7,8)10-12-20-14(3)4/h13-14H,9-12H2,1-8H3,(H,17,18). The fourth-order valence-electron chi connectivity index (χ4n) is 1.82. The van der Waals surface area contributed by atoms with Crippen molar-refractivity contribution >= 4 is 7.82 Å². The van der Waals surface area contributed by atoms with E-state index in [1.54, 1.807) is 27.7 Å². The molecule has 0 unspecified atom stereocenters. The molecule has 7 heteroatoms. The molecule has 0 rings (SSSR count). The van der Waals surface area contributed by atoms with Gasteiger partial charge in [-0.3, -0.25) is 9.05 Å². The van der Waals surface area contributed by atoms with Gasteiger partial charge in [-0.05, 0) is 68.2 Å². The van der Waals surface area contributed by atoms with Crippen molar-refractivity contribution in [1.29, 1.82) is 0 Å². The number of hydrogen-bond donors (Lipinski definition) is 1. The average molecular weight is 354 g/mol. The van der Waals surface area contributed by atoms with E-state index in [1.807, 2.05) is 27.7 Å². The lowest BCUT2D eigenvalue weighted by molar-refractivity contribution is -0.0307. The van der Waals surface area contributed by atoms with Crippen molar-refractivity contribution < 1.29 is 28.0 Å². The van der Waals surface area contributed by atoms with Crippen LogP contribution in [-0.2, 0) is 23.1 Å². The van der Waals surface area contributed by atoms with Crippen molar-refractivity contribution in [2.45, 2.75) is 91.6 Å². The van der Waals surface area contributed by atoms with Gasteiger partial charge in [0.15, 0.2) is 0 Å². The third kappa shape index (κ3) is 13.0. The predicted molar refractivity (Wildman–Crippen MR) is 91.6 cm³/mol. The van der Waals surface area contributed by atoms with E-state index in [2.05, 4.69) is 0 Å². The van der Waals surface area contributed by atoms with Gasteiger partial charge in [0.25, 0.3) is 0 Å². The fraction of sp³-hybridized carbons (Fsp3) is 1.00. The smallest absolute Gasteiger partial charge is 0.379 e. The lowest BCUT2D eigenvalue weighted by Crippen LogP contribution is -2.30. The lowest BCUT2D eigenvalue weighted by atomic mass is 10.1. The van der Waals surface area contributed by atoms with Crippen LogP contribution in [0.25, 0.3) is 0 Å². The Labute approximate surface area is 141 Å². The van der Waals surface area contributed by atoms with E-state index >= 15 is 0 Å². The molecular weight excluding hydrogens is 319 g/mol. The highest BCUT2D eigenvalue weighted by molar-refractivity contribution is 7.47. The van der Waals surface area contributed by atoms with Crippen molar-refractivity contribution in [2.75, 3.05) is 13.2 Å². The number of rotatable bonds is 12. The van der Waals surface area contributed by atoms with Gasteiger partial charge in [0.2, 0.25) is 0 Å². The molecule has 0 aromatic carbocycles. The molecule has 140 valence electrons. The van der Waals surface area contributed by atoms with Gasteiger partial charge < -0.3 is 14.4 Å². The van der Waals surface area contributed by atoms with Crippen molar-refractivity contribution in [2.24, 2.45) is 0 Å². The molecule has 0 aliphatic heterocycles. The highest BCUT2D eigenvalue weighted by Gasteiger charge is 2.37. The van der Waals surface area contributed by atoms with Crippen LogP contribution in [0.2, 0.25) is 0 Å². The van der Waals surface area contributed by atoms with Crippen LogP contribution in [0.5, 0.6) is 0 Å². The van der Waals surface area contributed by atoms with E-state index in [0.717, 1.165) is 0 Å². The molecule has 0 fully saturated rings. The minimum absolute atomic E-state index is 0.114. The van der Waals surface area contributed by atoms with Crippen LogP contribution in [0.15, 0.2) is 0 Å². The third-order valence-corrected chi connectivity index (χ3v) is 4.49. The first-order valence-electron chi connectivity index (χ1n) is 8.22. The molecule has 0 saturated heterocycles. The summed E-state index contributed by atoms with van der Waals surface area (Å²) >= 11 is 0. The summed E-state index contributed by atoms with van der Waals surface area (Å²) in [5.41, 5.74) is -1.63. The maximum Gasteiger partial charge on any atom is 0.473 e. The maximum absolute atomic E-state index is 12.3. The van der Waals surface area contributed by atoms with E-state index in [1.165, 1.54) is 0 Å². The van der Waals surface area contributed by atoms with Crippen LogP contribution < -0.4 is 0 Å². The monoisotopic (exact) mass is 354 g/mol. The maximum atomic E-state index is 12.3. The quantitative estimate of drug-likeness (QED) is 0.527. The SMILES string of the molecule is CC(C)OCCC(C)(C)OP(=O)(O)OC(C)(C)CCOC(C)C. The average Bonchev–Trinajstić information content (AvgIpc) is 2.22. The molecule has 0 heterocycles. The molecule has 0 bridgehead atoms. The second-order valence-electron chi connectivity index (χ2n) is 7.51. The molecule has 0 aliphatic carbocycles. The van der Waals surface area contributed by atoms with E-state index in [0.29, 0.717) is 26.1 Å². The first kappa shape index (κ1) is 23.0. The molecule has 0 amide bonds. The summed E-state index contributed by atoms with van der Waals surface area (Å²) in [4.78, 5) is 10.0. The van der Waals surface area contributed by atoms with Crippen molar-refractivity contribution in [3.05, 3.63) is 0 Å². The molecule has 0 aromatic rings. The van der Waals surface area contributed by atoms with E-state index in [4.69, 9.17) is 18.5 Å². The van der Waals surface area contributed by atoms with Crippen LogP contribution in [0.3, 0.4) is 0 Å². The van der Waals surface area contributed by atoms with Crippen LogP contribution in [0.4, 0.5) is 0 Å².